The van der Waals surface area contributed by atoms with Crippen LogP contribution in [0.4, 0.5) is 17.3 Å². The average Bonchev–Trinajstić information content (AvgIpc) is 2.70. The summed E-state index contributed by atoms with van der Waals surface area (Å²) in [6, 6.07) is 5.93. The van der Waals surface area contributed by atoms with E-state index in [4.69, 9.17) is 15.2 Å². The van der Waals surface area contributed by atoms with Gasteiger partial charge in [0.2, 0.25) is 0 Å². The molecule has 27 heavy (non-hydrogen) atoms. The molecular formula is C19H28N6O2. The summed E-state index contributed by atoms with van der Waals surface area (Å²) in [4.78, 5) is 13.2. The zero-order chi connectivity index (χ0) is 19.2. The Kier molecular flexibility index (Phi) is 6.18. The fourth-order valence-electron chi connectivity index (χ4n) is 3.16. The number of hydrogen-bond acceptors (Lipinski definition) is 8. The second-order valence-electron chi connectivity index (χ2n) is 6.62. The Morgan fingerprint density at radius 3 is 2.52 bits per heavy atom. The number of nitrogens with two attached hydrogens (primary N) is 1. The van der Waals surface area contributed by atoms with Crippen molar-refractivity contribution in [3.8, 4) is 11.5 Å². The number of nitrogens with one attached hydrogen (secondary N) is 1. The lowest BCUT2D eigenvalue weighted by Gasteiger charge is -2.33. The Bertz CT molecular complexity index is 762. The van der Waals surface area contributed by atoms with Crippen molar-refractivity contribution in [1.29, 1.82) is 0 Å². The number of aromatic nitrogens is 2. The van der Waals surface area contributed by atoms with Gasteiger partial charge in [-0.25, -0.2) is 9.97 Å². The highest BCUT2D eigenvalue weighted by molar-refractivity contribution is 5.75. The van der Waals surface area contributed by atoms with Crippen LogP contribution >= 0.6 is 0 Å². The number of nitrogen functional groups attached to an aromatic ring is 1. The summed E-state index contributed by atoms with van der Waals surface area (Å²) < 4.78 is 10.6. The SMILES string of the molecule is COc1ccc(CCNc2ncnc(N3CCN(C)CC3)c2N)cc1OC. The van der Waals surface area contributed by atoms with Crippen LogP contribution in [0.5, 0.6) is 11.5 Å². The van der Waals surface area contributed by atoms with E-state index in [1.165, 1.54) is 0 Å². The van der Waals surface area contributed by atoms with Crippen LogP contribution in [-0.2, 0) is 6.42 Å². The predicted octanol–water partition coefficient (Wildman–Crippen LogP) is 1.48. The molecule has 0 spiro atoms. The van der Waals surface area contributed by atoms with Gasteiger partial charge >= 0.3 is 0 Å². The summed E-state index contributed by atoms with van der Waals surface area (Å²) in [6.45, 7) is 4.56. The number of piperazine rings is 1. The first-order valence-electron chi connectivity index (χ1n) is 9.11. The Morgan fingerprint density at radius 2 is 1.81 bits per heavy atom. The number of benzene rings is 1. The second-order valence-corrected chi connectivity index (χ2v) is 6.62. The lowest BCUT2D eigenvalue weighted by Crippen LogP contribution is -2.45. The van der Waals surface area contributed by atoms with E-state index in [-0.39, 0.29) is 0 Å². The van der Waals surface area contributed by atoms with Crippen molar-refractivity contribution in [2.24, 2.45) is 0 Å². The second kappa shape index (κ2) is 8.77. The summed E-state index contributed by atoms with van der Waals surface area (Å²) in [6.07, 6.45) is 2.39. The minimum atomic E-state index is 0.606. The maximum Gasteiger partial charge on any atom is 0.160 e. The first-order chi connectivity index (χ1) is 13.1. The number of methoxy groups -OCH3 is 2. The van der Waals surface area contributed by atoms with Gasteiger partial charge in [-0.2, -0.15) is 0 Å². The zero-order valence-corrected chi connectivity index (χ0v) is 16.2. The molecule has 2 heterocycles. The largest absolute Gasteiger partial charge is 0.493 e. The fourth-order valence-corrected chi connectivity index (χ4v) is 3.16. The monoisotopic (exact) mass is 372 g/mol. The van der Waals surface area contributed by atoms with Crippen LogP contribution in [0.25, 0.3) is 0 Å². The molecule has 0 saturated carbocycles. The highest BCUT2D eigenvalue weighted by Gasteiger charge is 2.19. The van der Waals surface area contributed by atoms with Crippen LogP contribution in [0.15, 0.2) is 24.5 Å². The first kappa shape index (κ1) is 19.0. The quantitative estimate of drug-likeness (QED) is 0.756. The summed E-state index contributed by atoms with van der Waals surface area (Å²) in [5.74, 6) is 2.95. The molecule has 1 aliphatic heterocycles. The van der Waals surface area contributed by atoms with Gasteiger partial charge in [-0.3, -0.25) is 0 Å². The smallest absolute Gasteiger partial charge is 0.160 e. The summed E-state index contributed by atoms with van der Waals surface area (Å²) in [5.41, 5.74) is 8.08. The van der Waals surface area contributed by atoms with Gasteiger partial charge < -0.3 is 30.3 Å². The molecule has 1 fully saturated rings. The lowest BCUT2D eigenvalue weighted by molar-refractivity contribution is 0.312. The maximum atomic E-state index is 6.33. The number of likely N-dealkylation sites (N-methyl/N-ethyl adjacent to an activating group) is 1. The van der Waals surface area contributed by atoms with Crippen molar-refractivity contribution < 1.29 is 9.47 Å². The topological polar surface area (TPSA) is 88.8 Å². The number of anilines is 3. The van der Waals surface area contributed by atoms with Gasteiger partial charge in [-0.1, -0.05) is 6.07 Å². The molecule has 0 aliphatic carbocycles. The van der Waals surface area contributed by atoms with E-state index >= 15 is 0 Å². The zero-order valence-electron chi connectivity index (χ0n) is 16.2. The van der Waals surface area contributed by atoms with E-state index in [0.717, 1.165) is 55.5 Å². The summed E-state index contributed by atoms with van der Waals surface area (Å²) in [7, 11) is 5.40. The summed E-state index contributed by atoms with van der Waals surface area (Å²) in [5, 5.41) is 3.33. The molecule has 2 aromatic rings. The Hall–Kier alpha value is -2.74. The molecule has 0 unspecified atom stereocenters. The molecule has 0 radical (unpaired) electrons. The maximum absolute atomic E-state index is 6.33. The van der Waals surface area contributed by atoms with Crippen molar-refractivity contribution in [1.82, 2.24) is 14.9 Å². The van der Waals surface area contributed by atoms with Crippen LogP contribution < -0.4 is 25.4 Å². The molecule has 0 amide bonds. The Morgan fingerprint density at radius 1 is 1.07 bits per heavy atom. The first-order valence-corrected chi connectivity index (χ1v) is 9.11. The molecule has 3 N–H and O–H groups in total. The van der Waals surface area contributed by atoms with E-state index in [9.17, 15) is 0 Å². The standard InChI is InChI=1S/C19H28N6O2/c1-24-8-10-25(11-9-24)19-17(20)18(22-13-23-19)21-7-6-14-4-5-15(26-2)16(12-14)27-3/h4-5,12-13H,6-11,20H2,1-3H3,(H,21,22,23). The van der Waals surface area contributed by atoms with Crippen LogP contribution in [-0.4, -0.2) is 68.9 Å². The summed E-state index contributed by atoms with van der Waals surface area (Å²) >= 11 is 0. The van der Waals surface area contributed by atoms with Gasteiger partial charge in [-0.05, 0) is 31.2 Å². The van der Waals surface area contributed by atoms with E-state index < -0.39 is 0 Å². The van der Waals surface area contributed by atoms with Crippen molar-refractivity contribution in [2.75, 3.05) is 69.9 Å². The van der Waals surface area contributed by atoms with Crippen LogP contribution in [0.3, 0.4) is 0 Å². The molecule has 3 rings (SSSR count). The third-order valence-corrected chi connectivity index (χ3v) is 4.82. The van der Waals surface area contributed by atoms with Crippen LogP contribution in [0.2, 0.25) is 0 Å². The molecule has 8 nitrogen and oxygen atoms in total. The molecule has 1 aromatic carbocycles. The van der Waals surface area contributed by atoms with E-state index in [0.29, 0.717) is 18.1 Å². The molecule has 0 bridgehead atoms. The molecule has 8 heteroatoms. The molecular weight excluding hydrogens is 344 g/mol. The van der Waals surface area contributed by atoms with E-state index in [1.807, 2.05) is 18.2 Å². The molecule has 1 saturated heterocycles. The average molecular weight is 372 g/mol. The lowest BCUT2D eigenvalue weighted by atomic mass is 10.1. The third-order valence-electron chi connectivity index (χ3n) is 4.82. The fraction of sp³-hybridized carbons (Fsp3) is 0.474. The van der Waals surface area contributed by atoms with Crippen molar-refractivity contribution >= 4 is 17.3 Å². The van der Waals surface area contributed by atoms with Crippen molar-refractivity contribution in [3.05, 3.63) is 30.1 Å². The van der Waals surface area contributed by atoms with Gasteiger partial charge in [0.15, 0.2) is 23.1 Å². The van der Waals surface area contributed by atoms with Crippen LogP contribution in [0.1, 0.15) is 5.56 Å². The third kappa shape index (κ3) is 4.51. The van der Waals surface area contributed by atoms with Gasteiger partial charge in [0.05, 0.1) is 14.2 Å². The Labute approximate surface area is 160 Å². The van der Waals surface area contributed by atoms with Gasteiger partial charge in [-0.15, -0.1) is 0 Å². The predicted molar refractivity (Wildman–Crippen MR) is 108 cm³/mol. The van der Waals surface area contributed by atoms with Gasteiger partial charge in [0.25, 0.3) is 0 Å². The molecule has 0 atom stereocenters. The number of hydrogen-bond donors (Lipinski definition) is 2. The highest BCUT2D eigenvalue weighted by atomic mass is 16.5. The van der Waals surface area contributed by atoms with E-state index in [1.54, 1.807) is 20.5 Å². The molecule has 146 valence electrons. The van der Waals surface area contributed by atoms with Crippen molar-refractivity contribution in [3.63, 3.8) is 0 Å². The minimum absolute atomic E-state index is 0.606. The Balaban J connectivity index is 1.62. The number of ether oxygens (including phenoxy) is 2. The molecule has 1 aliphatic rings. The number of nitrogens with zero attached hydrogens (tertiary/aromatic N) is 4. The number of rotatable bonds is 7. The minimum Gasteiger partial charge on any atom is -0.493 e. The van der Waals surface area contributed by atoms with E-state index in [2.05, 4.69) is 32.1 Å². The van der Waals surface area contributed by atoms with Gasteiger partial charge in [0, 0.05) is 32.7 Å². The molecule has 1 aromatic heterocycles. The van der Waals surface area contributed by atoms with Crippen molar-refractivity contribution in [2.45, 2.75) is 6.42 Å². The highest BCUT2D eigenvalue weighted by Crippen LogP contribution is 2.29. The van der Waals surface area contributed by atoms with Crippen LogP contribution in [0, 0.1) is 0 Å². The normalized spacial score (nSPS) is 14.9. The van der Waals surface area contributed by atoms with Gasteiger partial charge in [0.1, 0.15) is 12.0 Å².